The third-order valence-electron chi connectivity index (χ3n) is 5.00. The molecular formula is C22H22N2O8S. The Hall–Kier alpha value is -3.41. The molecule has 0 saturated carbocycles. The van der Waals surface area contributed by atoms with Crippen LogP contribution in [0.3, 0.4) is 0 Å². The molecule has 1 aliphatic rings. The lowest BCUT2D eigenvalue weighted by Gasteiger charge is -2.26. The minimum absolute atomic E-state index is 0.0210. The highest BCUT2D eigenvalue weighted by Crippen LogP contribution is 2.30. The van der Waals surface area contributed by atoms with Crippen molar-refractivity contribution in [1.29, 1.82) is 0 Å². The van der Waals surface area contributed by atoms with E-state index in [4.69, 9.17) is 18.6 Å². The molecular weight excluding hydrogens is 452 g/mol. The number of benzene rings is 2. The summed E-state index contributed by atoms with van der Waals surface area (Å²) in [5.74, 6) is -1.30. The van der Waals surface area contributed by atoms with Gasteiger partial charge in [-0.25, -0.2) is 13.2 Å². The number of sulfonamides is 1. The summed E-state index contributed by atoms with van der Waals surface area (Å²) < 4.78 is 48.3. The van der Waals surface area contributed by atoms with Crippen LogP contribution in [-0.4, -0.2) is 64.6 Å². The largest absolute Gasteiger partial charge is 0.495 e. The number of nitrogens with zero attached hydrogens (tertiary/aromatic N) is 1. The van der Waals surface area contributed by atoms with Gasteiger partial charge in [-0.05, 0) is 30.3 Å². The number of nitrogens with one attached hydrogen (secondary N) is 1. The predicted octanol–water partition coefficient (Wildman–Crippen LogP) is 2.26. The second kappa shape index (κ2) is 9.61. The minimum Gasteiger partial charge on any atom is -0.495 e. The smallest absolute Gasteiger partial charge is 0.374 e. The molecule has 33 heavy (non-hydrogen) atoms. The molecule has 0 spiro atoms. The normalized spacial score (nSPS) is 14.7. The molecule has 1 fully saturated rings. The standard InChI is InChI=1S/C22H22N2O8S/c1-29-18-7-6-16(13-20(18)33(27,28)24-8-10-30-11-9-24)23-21(25)14-31-22(26)19-12-15-4-2-3-5-17(15)32-19/h2-7,12-13H,8-11,14H2,1H3,(H,23,25). The molecule has 11 heteroatoms. The van der Waals surface area contributed by atoms with Crippen molar-refractivity contribution in [2.75, 3.05) is 45.3 Å². The Morgan fingerprint density at radius 2 is 1.85 bits per heavy atom. The van der Waals surface area contributed by atoms with Gasteiger partial charge in [-0.15, -0.1) is 0 Å². The average Bonchev–Trinajstić information content (AvgIpc) is 3.27. The summed E-state index contributed by atoms with van der Waals surface area (Å²) in [7, 11) is -2.49. The first-order chi connectivity index (χ1) is 15.9. The highest BCUT2D eigenvalue weighted by molar-refractivity contribution is 7.89. The lowest BCUT2D eigenvalue weighted by molar-refractivity contribution is -0.119. The molecule has 0 aliphatic carbocycles. The first-order valence-electron chi connectivity index (χ1n) is 10.1. The molecule has 1 aromatic heterocycles. The van der Waals surface area contributed by atoms with Crippen molar-refractivity contribution >= 4 is 38.6 Å². The van der Waals surface area contributed by atoms with Gasteiger partial charge in [0, 0.05) is 24.2 Å². The van der Waals surface area contributed by atoms with E-state index in [1.807, 2.05) is 6.07 Å². The van der Waals surface area contributed by atoms with Crippen molar-refractivity contribution in [2.24, 2.45) is 0 Å². The fourth-order valence-electron chi connectivity index (χ4n) is 3.36. The Kier molecular flexibility index (Phi) is 6.63. The maximum Gasteiger partial charge on any atom is 0.374 e. The highest BCUT2D eigenvalue weighted by Gasteiger charge is 2.29. The summed E-state index contributed by atoms with van der Waals surface area (Å²) in [6, 6.07) is 12.9. The number of carbonyl (C=O) groups is 2. The number of ether oxygens (including phenoxy) is 3. The van der Waals surface area contributed by atoms with Crippen LogP contribution in [0.1, 0.15) is 10.6 Å². The highest BCUT2D eigenvalue weighted by atomic mass is 32.2. The van der Waals surface area contributed by atoms with E-state index in [1.54, 1.807) is 18.2 Å². The number of anilines is 1. The van der Waals surface area contributed by atoms with E-state index >= 15 is 0 Å². The number of para-hydroxylation sites is 1. The number of esters is 1. The molecule has 0 radical (unpaired) electrons. The van der Waals surface area contributed by atoms with Crippen molar-refractivity contribution < 1.29 is 36.6 Å². The summed E-state index contributed by atoms with van der Waals surface area (Å²) in [5, 5.41) is 3.27. The number of carbonyl (C=O) groups excluding carboxylic acids is 2. The molecule has 0 atom stereocenters. The maximum absolute atomic E-state index is 13.0. The van der Waals surface area contributed by atoms with Gasteiger partial charge in [-0.3, -0.25) is 4.79 Å². The van der Waals surface area contributed by atoms with Crippen LogP contribution < -0.4 is 10.1 Å². The summed E-state index contributed by atoms with van der Waals surface area (Å²) in [5.41, 5.74) is 0.744. The summed E-state index contributed by atoms with van der Waals surface area (Å²) in [6.07, 6.45) is 0. The van der Waals surface area contributed by atoms with Crippen LogP contribution in [0.5, 0.6) is 5.75 Å². The third-order valence-corrected chi connectivity index (χ3v) is 6.92. The van der Waals surface area contributed by atoms with E-state index in [-0.39, 0.29) is 35.2 Å². The van der Waals surface area contributed by atoms with E-state index in [1.165, 1.54) is 35.7 Å². The number of furan rings is 1. The van der Waals surface area contributed by atoms with E-state index in [2.05, 4.69) is 5.32 Å². The molecule has 0 unspecified atom stereocenters. The average molecular weight is 474 g/mol. The van der Waals surface area contributed by atoms with E-state index in [0.29, 0.717) is 18.8 Å². The van der Waals surface area contributed by atoms with Crippen molar-refractivity contribution in [2.45, 2.75) is 4.90 Å². The Labute approximate surface area is 190 Å². The zero-order valence-electron chi connectivity index (χ0n) is 17.8. The van der Waals surface area contributed by atoms with Crippen LogP contribution in [0, 0.1) is 0 Å². The first-order valence-corrected chi connectivity index (χ1v) is 11.5. The molecule has 1 amide bonds. The van der Waals surface area contributed by atoms with E-state index < -0.39 is 28.5 Å². The van der Waals surface area contributed by atoms with Crippen LogP contribution >= 0.6 is 0 Å². The quantitative estimate of drug-likeness (QED) is 0.517. The van der Waals surface area contributed by atoms with Crippen molar-refractivity contribution in [3.8, 4) is 5.75 Å². The summed E-state index contributed by atoms with van der Waals surface area (Å²) in [6.45, 7) is 0.468. The minimum atomic E-state index is -3.86. The van der Waals surface area contributed by atoms with Crippen molar-refractivity contribution in [3.05, 3.63) is 54.3 Å². The molecule has 1 aliphatic heterocycles. The number of methoxy groups -OCH3 is 1. The van der Waals surface area contributed by atoms with Gasteiger partial charge < -0.3 is 23.9 Å². The molecule has 2 aromatic carbocycles. The molecule has 2 heterocycles. The number of rotatable bonds is 7. The zero-order valence-corrected chi connectivity index (χ0v) is 18.6. The monoisotopic (exact) mass is 474 g/mol. The molecule has 1 saturated heterocycles. The van der Waals surface area contributed by atoms with Gasteiger partial charge in [0.2, 0.25) is 15.8 Å². The number of hydrogen-bond acceptors (Lipinski definition) is 8. The number of fused-ring (bicyclic) bond motifs is 1. The van der Waals surface area contributed by atoms with Crippen LogP contribution in [0.15, 0.2) is 57.8 Å². The van der Waals surface area contributed by atoms with Gasteiger partial charge in [-0.2, -0.15) is 4.31 Å². The predicted molar refractivity (Wildman–Crippen MR) is 118 cm³/mol. The second-order valence-electron chi connectivity index (χ2n) is 7.15. The zero-order chi connectivity index (χ0) is 23.4. The van der Waals surface area contributed by atoms with Crippen LogP contribution in [0.25, 0.3) is 11.0 Å². The molecule has 1 N–H and O–H groups in total. The fourth-order valence-corrected chi connectivity index (χ4v) is 4.95. The van der Waals surface area contributed by atoms with Crippen molar-refractivity contribution in [3.63, 3.8) is 0 Å². The topological polar surface area (TPSA) is 124 Å². The molecule has 3 aromatic rings. The Balaban J connectivity index is 1.43. The summed E-state index contributed by atoms with van der Waals surface area (Å²) >= 11 is 0. The van der Waals surface area contributed by atoms with Crippen molar-refractivity contribution in [1.82, 2.24) is 4.31 Å². The molecule has 0 bridgehead atoms. The Bertz CT molecular complexity index is 1250. The van der Waals surface area contributed by atoms with E-state index in [0.717, 1.165) is 5.39 Å². The first kappa shape index (κ1) is 22.8. The van der Waals surface area contributed by atoms with Gasteiger partial charge in [0.15, 0.2) is 6.61 Å². The number of morpholine rings is 1. The lowest BCUT2D eigenvalue weighted by atomic mass is 10.2. The van der Waals surface area contributed by atoms with Gasteiger partial charge in [0.25, 0.3) is 5.91 Å². The fraction of sp³-hybridized carbons (Fsp3) is 0.273. The Morgan fingerprint density at radius 1 is 1.09 bits per heavy atom. The van der Waals surface area contributed by atoms with Crippen LogP contribution in [0.2, 0.25) is 0 Å². The maximum atomic E-state index is 13.0. The molecule has 10 nitrogen and oxygen atoms in total. The van der Waals surface area contributed by atoms with E-state index in [9.17, 15) is 18.0 Å². The Morgan fingerprint density at radius 3 is 2.58 bits per heavy atom. The SMILES string of the molecule is COc1ccc(NC(=O)COC(=O)c2cc3ccccc3o2)cc1S(=O)(=O)N1CCOCC1. The summed E-state index contributed by atoms with van der Waals surface area (Å²) in [4.78, 5) is 24.4. The molecule has 174 valence electrons. The van der Waals surface area contributed by atoms with Gasteiger partial charge in [-0.1, -0.05) is 18.2 Å². The van der Waals surface area contributed by atoms with Gasteiger partial charge in [0.05, 0.1) is 20.3 Å². The van der Waals surface area contributed by atoms with Crippen LogP contribution in [0.4, 0.5) is 5.69 Å². The number of hydrogen-bond donors (Lipinski definition) is 1. The third kappa shape index (κ3) is 5.00. The number of amides is 1. The second-order valence-corrected chi connectivity index (χ2v) is 9.06. The molecule has 4 rings (SSSR count). The van der Waals surface area contributed by atoms with Gasteiger partial charge >= 0.3 is 5.97 Å². The van der Waals surface area contributed by atoms with Crippen LogP contribution in [-0.2, 0) is 24.3 Å². The van der Waals surface area contributed by atoms with Gasteiger partial charge in [0.1, 0.15) is 16.2 Å². The lowest BCUT2D eigenvalue weighted by Crippen LogP contribution is -2.40.